The van der Waals surface area contributed by atoms with Crippen molar-refractivity contribution in [3.05, 3.63) is 59.9 Å². The molecular weight excluding hydrogens is 347 g/mol. The van der Waals surface area contributed by atoms with E-state index in [0.717, 1.165) is 0 Å². The zero-order valence-electron chi connectivity index (χ0n) is 15.3. The van der Waals surface area contributed by atoms with Crippen LogP contribution in [0, 0.1) is 11.7 Å². The maximum absolute atomic E-state index is 13.9. The third-order valence-electron chi connectivity index (χ3n) is 4.63. The third kappa shape index (κ3) is 4.45. The van der Waals surface area contributed by atoms with Crippen molar-refractivity contribution in [2.75, 3.05) is 25.0 Å². The Bertz CT molecular complexity index is 825. The van der Waals surface area contributed by atoms with E-state index in [9.17, 15) is 14.0 Å². The summed E-state index contributed by atoms with van der Waals surface area (Å²) in [5.41, 5.74) is 0.655. The van der Waals surface area contributed by atoms with E-state index in [1.807, 2.05) is 19.1 Å². The number of nitrogens with zero attached hydrogens (tertiary/aromatic N) is 1. The molecule has 3 rings (SSSR count). The molecule has 0 aromatic heterocycles. The Morgan fingerprint density at radius 1 is 1.19 bits per heavy atom. The SMILES string of the molecule is CCOc1ccccc1NC(=O)[C@@H]1CCCN(C(=O)c2ccccc2F)C1. The van der Waals surface area contributed by atoms with Gasteiger partial charge in [-0.05, 0) is 44.0 Å². The number of nitrogens with one attached hydrogen (secondary N) is 1. The second kappa shape index (κ2) is 8.66. The summed E-state index contributed by atoms with van der Waals surface area (Å²) in [5.74, 6) is -0.805. The van der Waals surface area contributed by atoms with Crippen molar-refractivity contribution < 1.29 is 18.7 Å². The van der Waals surface area contributed by atoms with Crippen LogP contribution >= 0.6 is 0 Å². The van der Waals surface area contributed by atoms with Crippen LogP contribution < -0.4 is 10.1 Å². The Labute approximate surface area is 158 Å². The quantitative estimate of drug-likeness (QED) is 0.873. The van der Waals surface area contributed by atoms with Crippen LogP contribution in [0.25, 0.3) is 0 Å². The van der Waals surface area contributed by atoms with E-state index in [2.05, 4.69) is 5.32 Å². The summed E-state index contributed by atoms with van der Waals surface area (Å²) in [6.45, 7) is 3.18. The number of likely N-dealkylation sites (tertiary alicyclic amines) is 1. The second-order valence-corrected chi connectivity index (χ2v) is 6.49. The lowest BCUT2D eigenvalue weighted by molar-refractivity contribution is -0.121. The number of hydrogen-bond donors (Lipinski definition) is 1. The predicted octanol–water partition coefficient (Wildman–Crippen LogP) is 3.72. The van der Waals surface area contributed by atoms with Gasteiger partial charge in [0.15, 0.2) is 0 Å². The van der Waals surface area contributed by atoms with Crippen LogP contribution in [0.5, 0.6) is 5.75 Å². The Morgan fingerprint density at radius 2 is 1.93 bits per heavy atom. The zero-order chi connectivity index (χ0) is 19.2. The molecule has 2 aromatic carbocycles. The van der Waals surface area contributed by atoms with Gasteiger partial charge in [0.1, 0.15) is 11.6 Å². The van der Waals surface area contributed by atoms with Crippen molar-refractivity contribution in [3.63, 3.8) is 0 Å². The summed E-state index contributed by atoms with van der Waals surface area (Å²) in [6.07, 6.45) is 1.38. The van der Waals surface area contributed by atoms with Crippen molar-refractivity contribution in [1.82, 2.24) is 4.90 Å². The zero-order valence-corrected chi connectivity index (χ0v) is 15.3. The van der Waals surface area contributed by atoms with Crippen molar-refractivity contribution in [2.24, 2.45) is 5.92 Å². The van der Waals surface area contributed by atoms with E-state index in [4.69, 9.17) is 4.74 Å². The first-order chi connectivity index (χ1) is 13.1. The number of anilines is 1. The molecule has 1 fully saturated rings. The minimum atomic E-state index is -0.542. The first kappa shape index (κ1) is 18.9. The number of rotatable bonds is 5. The molecule has 0 unspecified atom stereocenters. The average molecular weight is 370 g/mol. The Balaban J connectivity index is 1.68. The van der Waals surface area contributed by atoms with Crippen LogP contribution in [0.1, 0.15) is 30.1 Å². The molecule has 1 atom stereocenters. The molecule has 0 saturated carbocycles. The van der Waals surface area contributed by atoms with Gasteiger partial charge in [0.2, 0.25) is 5.91 Å². The lowest BCUT2D eigenvalue weighted by atomic mass is 9.96. The summed E-state index contributed by atoms with van der Waals surface area (Å²) < 4.78 is 19.4. The van der Waals surface area contributed by atoms with Crippen molar-refractivity contribution in [1.29, 1.82) is 0 Å². The van der Waals surface area contributed by atoms with Crippen LogP contribution in [0.3, 0.4) is 0 Å². The van der Waals surface area contributed by atoms with Gasteiger partial charge in [-0.3, -0.25) is 9.59 Å². The number of carbonyl (C=O) groups is 2. The maximum Gasteiger partial charge on any atom is 0.256 e. The Hall–Kier alpha value is -2.89. The lowest BCUT2D eigenvalue weighted by Gasteiger charge is -2.32. The smallest absolute Gasteiger partial charge is 0.256 e. The molecule has 27 heavy (non-hydrogen) atoms. The molecule has 6 heteroatoms. The van der Waals surface area contributed by atoms with E-state index in [1.165, 1.54) is 12.1 Å². The molecule has 2 amide bonds. The fourth-order valence-electron chi connectivity index (χ4n) is 3.27. The molecule has 1 N–H and O–H groups in total. The molecular formula is C21H23FN2O3. The van der Waals surface area contributed by atoms with Crippen molar-refractivity contribution in [2.45, 2.75) is 19.8 Å². The van der Waals surface area contributed by atoms with E-state index in [1.54, 1.807) is 29.2 Å². The highest BCUT2D eigenvalue weighted by Crippen LogP contribution is 2.26. The van der Waals surface area contributed by atoms with E-state index < -0.39 is 5.82 Å². The number of carbonyl (C=O) groups excluding carboxylic acids is 2. The number of benzene rings is 2. The van der Waals surface area contributed by atoms with E-state index in [0.29, 0.717) is 37.4 Å². The Morgan fingerprint density at radius 3 is 2.70 bits per heavy atom. The Kier molecular flexibility index (Phi) is 6.06. The maximum atomic E-state index is 13.9. The fraction of sp³-hybridized carbons (Fsp3) is 0.333. The van der Waals surface area contributed by atoms with Gasteiger partial charge < -0.3 is 15.0 Å². The summed E-state index contributed by atoms with van der Waals surface area (Å²) in [5, 5.41) is 2.90. The lowest BCUT2D eigenvalue weighted by Crippen LogP contribution is -2.44. The molecule has 0 bridgehead atoms. The van der Waals surface area contributed by atoms with Gasteiger partial charge in [0.05, 0.1) is 23.8 Å². The molecule has 1 aliphatic heterocycles. The first-order valence-electron chi connectivity index (χ1n) is 9.16. The van der Waals surface area contributed by atoms with Crippen LogP contribution in [-0.2, 0) is 4.79 Å². The van der Waals surface area contributed by atoms with Gasteiger partial charge in [-0.1, -0.05) is 24.3 Å². The van der Waals surface area contributed by atoms with Crippen LogP contribution in [0.4, 0.5) is 10.1 Å². The number of amides is 2. The number of para-hydroxylation sites is 2. The highest BCUT2D eigenvalue weighted by atomic mass is 19.1. The summed E-state index contributed by atoms with van der Waals surface area (Å²) in [4.78, 5) is 26.9. The summed E-state index contributed by atoms with van der Waals surface area (Å²) >= 11 is 0. The van der Waals surface area contributed by atoms with Crippen molar-refractivity contribution >= 4 is 17.5 Å². The summed E-state index contributed by atoms with van der Waals surface area (Å²) in [7, 11) is 0. The molecule has 0 radical (unpaired) electrons. The van der Waals surface area contributed by atoms with E-state index >= 15 is 0 Å². The monoisotopic (exact) mass is 370 g/mol. The van der Waals surface area contributed by atoms with Gasteiger partial charge in [-0.15, -0.1) is 0 Å². The molecule has 1 aliphatic rings. The number of hydrogen-bond acceptors (Lipinski definition) is 3. The van der Waals surface area contributed by atoms with Crippen LogP contribution in [0.15, 0.2) is 48.5 Å². The topological polar surface area (TPSA) is 58.6 Å². The molecule has 2 aromatic rings. The van der Waals surface area contributed by atoms with Crippen LogP contribution in [-0.4, -0.2) is 36.4 Å². The normalized spacial score (nSPS) is 16.7. The largest absolute Gasteiger partial charge is 0.492 e. The molecule has 0 aliphatic carbocycles. The third-order valence-corrected chi connectivity index (χ3v) is 4.63. The molecule has 1 heterocycles. The highest BCUT2D eigenvalue weighted by molar-refractivity contribution is 5.97. The molecule has 0 spiro atoms. The van der Waals surface area contributed by atoms with Gasteiger partial charge in [-0.25, -0.2) is 4.39 Å². The van der Waals surface area contributed by atoms with Crippen LogP contribution in [0.2, 0.25) is 0 Å². The van der Waals surface area contributed by atoms with Gasteiger partial charge in [0, 0.05) is 13.1 Å². The standard InChI is InChI=1S/C21H23FN2O3/c1-2-27-19-12-6-5-11-18(19)23-20(25)15-8-7-13-24(14-15)21(26)16-9-3-4-10-17(16)22/h3-6,9-12,15H,2,7-8,13-14H2,1H3,(H,23,25)/t15-/m1/s1. The fourth-order valence-corrected chi connectivity index (χ4v) is 3.27. The number of ether oxygens (including phenoxy) is 1. The minimum absolute atomic E-state index is 0.0419. The number of halogens is 1. The second-order valence-electron chi connectivity index (χ2n) is 6.49. The van der Waals surface area contributed by atoms with Gasteiger partial charge >= 0.3 is 0 Å². The molecule has 1 saturated heterocycles. The predicted molar refractivity (Wildman–Crippen MR) is 101 cm³/mol. The molecule has 142 valence electrons. The number of piperidine rings is 1. The average Bonchev–Trinajstić information content (AvgIpc) is 2.69. The van der Waals surface area contributed by atoms with Crippen molar-refractivity contribution in [3.8, 4) is 5.75 Å². The first-order valence-corrected chi connectivity index (χ1v) is 9.16. The molecule has 5 nitrogen and oxygen atoms in total. The van der Waals surface area contributed by atoms with Gasteiger partial charge in [-0.2, -0.15) is 0 Å². The highest BCUT2D eigenvalue weighted by Gasteiger charge is 2.30. The van der Waals surface area contributed by atoms with Gasteiger partial charge in [0.25, 0.3) is 5.91 Å². The van der Waals surface area contributed by atoms with E-state index in [-0.39, 0.29) is 29.8 Å². The minimum Gasteiger partial charge on any atom is -0.492 e. The summed E-state index contributed by atoms with van der Waals surface area (Å²) in [6, 6.07) is 13.2.